The molecule has 154 valence electrons. The van der Waals surface area contributed by atoms with E-state index >= 15 is 0 Å². The normalized spacial score (nSPS) is 19.6. The number of aryl methyl sites for hydroxylation is 2. The van der Waals surface area contributed by atoms with Crippen molar-refractivity contribution in [2.45, 2.75) is 38.8 Å². The standard InChI is InChI=1S/C21H27N5O3/c1-16-22-7-10-24(16)9-6-20(27)26-8-2-3-19(26)18-5-4-17(15-23-18)21(28)25-11-13-29-14-12-25/h4-5,7,10,15,19H,2-3,6,8-9,11-14H2,1H3. The van der Waals surface area contributed by atoms with E-state index in [1.54, 1.807) is 17.3 Å². The second kappa shape index (κ2) is 8.73. The predicted molar refractivity (Wildman–Crippen MR) is 106 cm³/mol. The lowest BCUT2D eigenvalue weighted by molar-refractivity contribution is -0.132. The van der Waals surface area contributed by atoms with Crippen LogP contribution in [0.1, 0.15) is 47.2 Å². The number of ether oxygens (including phenoxy) is 1. The molecule has 0 aromatic carbocycles. The van der Waals surface area contributed by atoms with Gasteiger partial charge in [-0.05, 0) is 31.9 Å². The largest absolute Gasteiger partial charge is 0.378 e. The molecule has 0 radical (unpaired) electrons. The second-order valence-electron chi connectivity index (χ2n) is 7.54. The Kier molecular flexibility index (Phi) is 5.89. The molecule has 2 fully saturated rings. The van der Waals surface area contributed by atoms with Crippen molar-refractivity contribution in [3.05, 3.63) is 47.8 Å². The summed E-state index contributed by atoms with van der Waals surface area (Å²) in [7, 11) is 0. The fourth-order valence-corrected chi connectivity index (χ4v) is 4.05. The number of rotatable bonds is 5. The molecule has 2 saturated heterocycles. The Morgan fingerprint density at radius 1 is 1.17 bits per heavy atom. The topological polar surface area (TPSA) is 80.6 Å². The number of carbonyl (C=O) groups excluding carboxylic acids is 2. The van der Waals surface area contributed by atoms with Crippen LogP contribution in [0.2, 0.25) is 0 Å². The predicted octanol–water partition coefficient (Wildman–Crippen LogP) is 1.81. The molecule has 0 saturated carbocycles. The second-order valence-corrected chi connectivity index (χ2v) is 7.54. The molecule has 8 nitrogen and oxygen atoms in total. The van der Waals surface area contributed by atoms with Crippen LogP contribution in [0.3, 0.4) is 0 Å². The molecule has 29 heavy (non-hydrogen) atoms. The van der Waals surface area contributed by atoms with Gasteiger partial charge in [0.1, 0.15) is 5.82 Å². The lowest BCUT2D eigenvalue weighted by atomic mass is 10.1. The minimum atomic E-state index is -0.0149. The summed E-state index contributed by atoms with van der Waals surface area (Å²) in [5.74, 6) is 1.04. The molecule has 2 aliphatic heterocycles. The molecular weight excluding hydrogens is 370 g/mol. The third-order valence-electron chi connectivity index (χ3n) is 5.74. The van der Waals surface area contributed by atoms with Crippen LogP contribution < -0.4 is 0 Å². The molecule has 0 N–H and O–H groups in total. The van der Waals surface area contributed by atoms with Crippen molar-refractivity contribution in [3.8, 4) is 0 Å². The summed E-state index contributed by atoms with van der Waals surface area (Å²) in [5, 5.41) is 0. The van der Waals surface area contributed by atoms with Gasteiger partial charge in [0, 0.05) is 51.2 Å². The molecule has 2 aliphatic rings. The molecule has 4 rings (SSSR count). The number of imidazole rings is 1. The summed E-state index contributed by atoms with van der Waals surface area (Å²) in [6.45, 7) is 5.71. The summed E-state index contributed by atoms with van der Waals surface area (Å²) in [6.07, 6.45) is 7.61. The van der Waals surface area contributed by atoms with E-state index in [-0.39, 0.29) is 17.9 Å². The molecule has 1 atom stereocenters. The number of hydrogen-bond donors (Lipinski definition) is 0. The summed E-state index contributed by atoms with van der Waals surface area (Å²) >= 11 is 0. The van der Waals surface area contributed by atoms with Gasteiger partial charge in [-0.25, -0.2) is 4.98 Å². The van der Waals surface area contributed by atoms with Crippen LogP contribution in [0, 0.1) is 6.92 Å². The van der Waals surface area contributed by atoms with Crippen molar-refractivity contribution in [1.29, 1.82) is 0 Å². The SMILES string of the molecule is Cc1nccn1CCC(=O)N1CCCC1c1ccc(C(=O)N2CCOCC2)cn1. The molecule has 4 heterocycles. The van der Waals surface area contributed by atoms with E-state index in [2.05, 4.69) is 9.97 Å². The highest BCUT2D eigenvalue weighted by Crippen LogP contribution is 2.31. The van der Waals surface area contributed by atoms with Crippen molar-refractivity contribution in [2.24, 2.45) is 0 Å². The minimum absolute atomic E-state index is 0.0117. The molecule has 0 bridgehead atoms. The molecule has 2 amide bonds. The number of carbonyl (C=O) groups is 2. The zero-order valence-corrected chi connectivity index (χ0v) is 16.8. The lowest BCUT2D eigenvalue weighted by Gasteiger charge is -2.27. The maximum atomic E-state index is 12.8. The van der Waals surface area contributed by atoms with Crippen LogP contribution >= 0.6 is 0 Å². The zero-order valence-electron chi connectivity index (χ0n) is 16.8. The number of aromatic nitrogens is 3. The zero-order chi connectivity index (χ0) is 20.2. The van der Waals surface area contributed by atoms with Gasteiger partial charge in [-0.2, -0.15) is 0 Å². The molecule has 8 heteroatoms. The van der Waals surface area contributed by atoms with Crippen LogP contribution in [0.5, 0.6) is 0 Å². The van der Waals surface area contributed by atoms with Gasteiger partial charge in [-0.15, -0.1) is 0 Å². The number of hydrogen-bond acceptors (Lipinski definition) is 5. The Morgan fingerprint density at radius 2 is 2.00 bits per heavy atom. The summed E-state index contributed by atoms with van der Waals surface area (Å²) in [5.41, 5.74) is 1.44. The van der Waals surface area contributed by atoms with Crippen molar-refractivity contribution in [3.63, 3.8) is 0 Å². The van der Waals surface area contributed by atoms with Gasteiger partial charge in [0.25, 0.3) is 5.91 Å². The third kappa shape index (κ3) is 4.32. The number of morpholine rings is 1. The summed E-state index contributed by atoms with van der Waals surface area (Å²) in [6, 6.07) is 3.71. The van der Waals surface area contributed by atoms with Crippen molar-refractivity contribution >= 4 is 11.8 Å². The van der Waals surface area contributed by atoms with Gasteiger partial charge >= 0.3 is 0 Å². The van der Waals surface area contributed by atoms with E-state index in [1.165, 1.54) is 0 Å². The van der Waals surface area contributed by atoms with Gasteiger partial charge in [-0.3, -0.25) is 14.6 Å². The van der Waals surface area contributed by atoms with E-state index in [4.69, 9.17) is 4.74 Å². The first-order chi connectivity index (χ1) is 14.1. The summed E-state index contributed by atoms with van der Waals surface area (Å²) in [4.78, 5) is 37.9. The van der Waals surface area contributed by atoms with Crippen LogP contribution in [-0.4, -0.2) is 69.0 Å². The van der Waals surface area contributed by atoms with Crippen molar-refractivity contribution in [1.82, 2.24) is 24.3 Å². The maximum Gasteiger partial charge on any atom is 0.255 e. The monoisotopic (exact) mass is 397 g/mol. The van der Waals surface area contributed by atoms with E-state index in [0.29, 0.717) is 44.8 Å². The van der Waals surface area contributed by atoms with Gasteiger partial charge in [0.15, 0.2) is 0 Å². The van der Waals surface area contributed by atoms with E-state index in [1.807, 2.05) is 34.7 Å². The van der Waals surface area contributed by atoms with Crippen molar-refractivity contribution in [2.75, 3.05) is 32.8 Å². The van der Waals surface area contributed by atoms with Crippen LogP contribution in [-0.2, 0) is 16.1 Å². The Labute approximate surface area is 170 Å². The fraction of sp³-hybridized carbons (Fsp3) is 0.524. The highest BCUT2D eigenvalue weighted by Gasteiger charge is 2.31. The van der Waals surface area contributed by atoms with Crippen LogP contribution in [0.25, 0.3) is 0 Å². The minimum Gasteiger partial charge on any atom is -0.378 e. The third-order valence-corrected chi connectivity index (χ3v) is 5.74. The molecule has 0 aliphatic carbocycles. The highest BCUT2D eigenvalue weighted by molar-refractivity contribution is 5.94. The van der Waals surface area contributed by atoms with Crippen molar-refractivity contribution < 1.29 is 14.3 Å². The lowest BCUT2D eigenvalue weighted by Crippen LogP contribution is -2.40. The average molecular weight is 397 g/mol. The number of amides is 2. The Bertz CT molecular complexity index is 857. The van der Waals surface area contributed by atoms with Crippen LogP contribution in [0.15, 0.2) is 30.7 Å². The molecule has 0 spiro atoms. The summed E-state index contributed by atoms with van der Waals surface area (Å²) < 4.78 is 7.30. The first-order valence-electron chi connectivity index (χ1n) is 10.2. The Balaban J connectivity index is 1.39. The first kappa shape index (κ1) is 19.6. The molecular formula is C21H27N5O3. The average Bonchev–Trinajstić information content (AvgIpc) is 3.41. The Hall–Kier alpha value is -2.74. The van der Waals surface area contributed by atoms with E-state index < -0.39 is 0 Å². The van der Waals surface area contributed by atoms with Crippen LogP contribution in [0.4, 0.5) is 0 Å². The van der Waals surface area contributed by atoms with Gasteiger partial charge in [0.2, 0.25) is 5.91 Å². The number of pyridine rings is 1. The quantitative estimate of drug-likeness (QED) is 0.769. The first-order valence-corrected chi connectivity index (χ1v) is 10.2. The number of likely N-dealkylation sites (tertiary alicyclic amines) is 1. The maximum absolute atomic E-state index is 12.8. The Morgan fingerprint density at radius 3 is 2.69 bits per heavy atom. The molecule has 2 aromatic heterocycles. The van der Waals surface area contributed by atoms with Gasteiger partial charge < -0.3 is 19.1 Å². The molecule has 2 aromatic rings. The smallest absolute Gasteiger partial charge is 0.255 e. The van der Waals surface area contributed by atoms with E-state index in [9.17, 15) is 9.59 Å². The van der Waals surface area contributed by atoms with Gasteiger partial charge in [-0.1, -0.05) is 0 Å². The highest BCUT2D eigenvalue weighted by atomic mass is 16.5. The van der Waals surface area contributed by atoms with Gasteiger partial charge in [0.05, 0.1) is 30.5 Å². The molecule has 1 unspecified atom stereocenters. The number of nitrogens with zero attached hydrogens (tertiary/aromatic N) is 5. The fourth-order valence-electron chi connectivity index (χ4n) is 4.05. The van der Waals surface area contributed by atoms with E-state index in [0.717, 1.165) is 30.9 Å².